The van der Waals surface area contributed by atoms with Gasteiger partial charge in [-0.1, -0.05) is 30.0 Å². The quantitative estimate of drug-likeness (QED) is 0.423. The van der Waals surface area contributed by atoms with Crippen molar-refractivity contribution >= 4 is 23.4 Å². The summed E-state index contributed by atoms with van der Waals surface area (Å²) in [5.74, 6) is 0.354. The van der Waals surface area contributed by atoms with Crippen LogP contribution >= 0.6 is 11.8 Å². The van der Waals surface area contributed by atoms with Crippen LogP contribution in [-0.2, 0) is 5.75 Å². The lowest BCUT2D eigenvalue weighted by atomic mass is 10.1. The Hall–Kier alpha value is -3.73. The van der Waals surface area contributed by atoms with Crippen LogP contribution in [0, 0.1) is 0 Å². The van der Waals surface area contributed by atoms with Crippen LogP contribution in [0.2, 0.25) is 0 Å². The zero-order valence-electron chi connectivity index (χ0n) is 14.4. The van der Waals surface area contributed by atoms with Crippen LogP contribution in [0.15, 0.2) is 64.8 Å². The van der Waals surface area contributed by atoms with E-state index >= 15 is 0 Å². The number of benzene rings is 2. The average Bonchev–Trinajstić information content (AvgIpc) is 3.39. The fourth-order valence-corrected chi connectivity index (χ4v) is 3.31. The number of hydrogen-bond donors (Lipinski definition) is 3. The second kappa shape index (κ2) is 7.88. The van der Waals surface area contributed by atoms with Gasteiger partial charge in [0.25, 0.3) is 5.91 Å². The second-order valence-electron chi connectivity index (χ2n) is 5.66. The maximum Gasteiger partial charge on any atom is 0.365 e. The smallest absolute Gasteiger partial charge is 0.322 e. The lowest BCUT2D eigenvalue weighted by molar-refractivity contribution is 0.102. The van der Waals surface area contributed by atoms with Crippen molar-refractivity contribution in [2.75, 3.05) is 5.32 Å². The molecule has 4 rings (SSSR count). The molecule has 0 aliphatic heterocycles. The number of nitrogens with zero attached hydrogens (tertiary/aromatic N) is 5. The first-order chi connectivity index (χ1) is 13.7. The number of anilines is 1. The summed E-state index contributed by atoms with van der Waals surface area (Å²) < 4.78 is 1.13. The predicted molar refractivity (Wildman–Crippen MR) is 102 cm³/mol. The molecule has 2 aromatic carbocycles. The predicted octanol–water partition coefficient (Wildman–Crippen LogP) is 1.62. The highest BCUT2D eigenvalue weighted by molar-refractivity contribution is 7.98. The minimum atomic E-state index is -0.435. The van der Waals surface area contributed by atoms with Crippen LogP contribution in [-0.4, -0.2) is 41.3 Å². The van der Waals surface area contributed by atoms with E-state index in [0.29, 0.717) is 27.8 Å². The molecule has 140 valence electrons. The number of tetrazole rings is 1. The number of amides is 1. The zero-order chi connectivity index (χ0) is 19.3. The largest absolute Gasteiger partial charge is 0.365 e. The van der Waals surface area contributed by atoms with Crippen molar-refractivity contribution in [1.29, 1.82) is 0 Å². The van der Waals surface area contributed by atoms with E-state index < -0.39 is 5.69 Å². The van der Waals surface area contributed by atoms with Gasteiger partial charge < -0.3 is 5.32 Å². The van der Waals surface area contributed by atoms with E-state index in [1.165, 1.54) is 18.1 Å². The van der Waals surface area contributed by atoms with Gasteiger partial charge in [-0.15, -0.1) is 0 Å². The molecule has 0 aliphatic rings. The van der Waals surface area contributed by atoms with Crippen LogP contribution in [0.5, 0.6) is 0 Å². The van der Waals surface area contributed by atoms with Gasteiger partial charge in [-0.3, -0.25) is 9.89 Å². The van der Waals surface area contributed by atoms with Gasteiger partial charge in [0, 0.05) is 17.0 Å². The summed E-state index contributed by atoms with van der Waals surface area (Å²) >= 11 is 1.46. The average molecular weight is 394 g/mol. The Labute approximate surface area is 162 Å². The molecule has 0 saturated heterocycles. The number of aromatic amines is 2. The normalized spacial score (nSPS) is 10.7. The molecule has 0 atom stereocenters. The van der Waals surface area contributed by atoms with Gasteiger partial charge in [0.2, 0.25) is 0 Å². The van der Waals surface area contributed by atoms with Crippen molar-refractivity contribution in [2.24, 2.45) is 0 Å². The minimum absolute atomic E-state index is 0.222. The summed E-state index contributed by atoms with van der Waals surface area (Å²) in [7, 11) is 0. The van der Waals surface area contributed by atoms with Gasteiger partial charge >= 0.3 is 5.69 Å². The molecular formula is C17H14N8O2S. The Balaban J connectivity index is 1.48. The van der Waals surface area contributed by atoms with E-state index in [0.717, 1.165) is 10.2 Å². The fraction of sp³-hybridized carbons (Fsp3) is 0.0588. The second-order valence-corrected chi connectivity index (χ2v) is 6.62. The summed E-state index contributed by atoms with van der Waals surface area (Å²) in [5.41, 5.74) is 2.16. The third-order valence-corrected chi connectivity index (χ3v) is 4.79. The standard InChI is InChI=1S/C17H14N8O2S/c26-15(14-4-2-1-3-11(14)9-28-16-18-10-19-21-16)20-12-5-7-13(8-6-12)25-17(27)22-23-24-25/h1-8,10H,9H2,(H,20,26)(H,18,19,21)(H,22,24,27). The Morgan fingerprint density at radius 2 is 1.93 bits per heavy atom. The van der Waals surface area contributed by atoms with Crippen LogP contribution in [0.1, 0.15) is 15.9 Å². The fourth-order valence-electron chi connectivity index (χ4n) is 2.53. The lowest BCUT2D eigenvalue weighted by Crippen LogP contribution is -2.16. The molecule has 0 fully saturated rings. The highest BCUT2D eigenvalue weighted by Crippen LogP contribution is 2.22. The Morgan fingerprint density at radius 3 is 2.64 bits per heavy atom. The van der Waals surface area contributed by atoms with Crippen molar-refractivity contribution < 1.29 is 4.79 Å². The number of H-pyrrole nitrogens is 2. The van der Waals surface area contributed by atoms with Crippen LogP contribution in [0.3, 0.4) is 0 Å². The molecular weight excluding hydrogens is 380 g/mol. The molecule has 0 saturated carbocycles. The van der Waals surface area contributed by atoms with Gasteiger partial charge in [0.15, 0.2) is 5.16 Å². The Kier molecular flexibility index (Phi) is 4.97. The molecule has 0 bridgehead atoms. The molecule has 1 amide bonds. The number of nitrogens with one attached hydrogen (secondary N) is 3. The van der Waals surface area contributed by atoms with Gasteiger partial charge in [0.1, 0.15) is 6.33 Å². The Morgan fingerprint density at radius 1 is 1.11 bits per heavy atom. The van der Waals surface area contributed by atoms with E-state index in [1.807, 2.05) is 18.2 Å². The molecule has 0 spiro atoms. The SMILES string of the molecule is O=C(Nc1ccc(-n2nn[nH]c2=O)cc1)c1ccccc1CSc1ncn[nH]1. The van der Waals surface area contributed by atoms with E-state index in [2.05, 4.69) is 36.0 Å². The highest BCUT2D eigenvalue weighted by atomic mass is 32.2. The van der Waals surface area contributed by atoms with Crippen molar-refractivity contribution in [3.63, 3.8) is 0 Å². The number of rotatable bonds is 6. The molecule has 0 aliphatic carbocycles. The van der Waals surface area contributed by atoms with E-state index in [9.17, 15) is 9.59 Å². The maximum absolute atomic E-state index is 12.7. The topological polar surface area (TPSA) is 134 Å². The first kappa shape index (κ1) is 17.7. The van der Waals surface area contributed by atoms with Crippen molar-refractivity contribution in [1.82, 2.24) is 35.4 Å². The third kappa shape index (κ3) is 3.83. The van der Waals surface area contributed by atoms with Crippen molar-refractivity contribution in [3.05, 3.63) is 76.5 Å². The van der Waals surface area contributed by atoms with E-state index in [4.69, 9.17) is 0 Å². The highest BCUT2D eigenvalue weighted by Gasteiger charge is 2.12. The zero-order valence-corrected chi connectivity index (χ0v) is 15.2. The Bertz CT molecular complexity index is 1130. The summed E-state index contributed by atoms with van der Waals surface area (Å²) in [6.45, 7) is 0. The van der Waals surface area contributed by atoms with Gasteiger partial charge in [-0.05, 0) is 46.3 Å². The molecule has 4 aromatic rings. The number of aromatic nitrogens is 7. The molecule has 0 unspecified atom stereocenters. The van der Waals surface area contributed by atoms with Crippen LogP contribution < -0.4 is 11.0 Å². The lowest BCUT2D eigenvalue weighted by Gasteiger charge is -2.10. The molecule has 0 radical (unpaired) electrons. The molecule has 10 nitrogen and oxygen atoms in total. The number of carbonyl (C=O) groups excluding carboxylic acids is 1. The van der Waals surface area contributed by atoms with Gasteiger partial charge in [0.05, 0.1) is 5.69 Å². The molecule has 11 heteroatoms. The first-order valence-corrected chi connectivity index (χ1v) is 9.17. The summed E-state index contributed by atoms with van der Waals surface area (Å²) in [4.78, 5) is 28.3. The first-order valence-electron chi connectivity index (χ1n) is 8.19. The number of hydrogen-bond acceptors (Lipinski definition) is 7. The molecule has 3 N–H and O–H groups in total. The van der Waals surface area contributed by atoms with Crippen molar-refractivity contribution in [3.8, 4) is 5.69 Å². The minimum Gasteiger partial charge on any atom is -0.322 e. The summed E-state index contributed by atoms with van der Waals surface area (Å²) in [6.07, 6.45) is 1.44. The number of thioether (sulfide) groups is 1. The van der Waals surface area contributed by atoms with Crippen LogP contribution in [0.25, 0.3) is 5.69 Å². The number of carbonyl (C=O) groups is 1. The summed E-state index contributed by atoms with van der Waals surface area (Å²) in [6, 6.07) is 14.1. The van der Waals surface area contributed by atoms with Gasteiger partial charge in [-0.2, -0.15) is 9.78 Å². The molecule has 2 heterocycles. The van der Waals surface area contributed by atoms with Crippen LogP contribution in [0.4, 0.5) is 5.69 Å². The third-order valence-electron chi connectivity index (χ3n) is 3.86. The monoisotopic (exact) mass is 394 g/mol. The van der Waals surface area contributed by atoms with Crippen molar-refractivity contribution in [2.45, 2.75) is 10.9 Å². The van der Waals surface area contributed by atoms with E-state index in [-0.39, 0.29) is 5.91 Å². The molecule has 2 aromatic heterocycles. The van der Waals surface area contributed by atoms with Gasteiger partial charge in [-0.25, -0.2) is 14.9 Å². The maximum atomic E-state index is 12.7. The molecule has 28 heavy (non-hydrogen) atoms. The summed E-state index contributed by atoms with van der Waals surface area (Å²) in [5, 5.41) is 19.5. The van der Waals surface area contributed by atoms with E-state index in [1.54, 1.807) is 30.3 Å².